The first-order valence-electron chi connectivity index (χ1n) is 13.6. The van der Waals surface area contributed by atoms with E-state index in [2.05, 4.69) is 23.1 Å². The minimum atomic E-state index is -1.31. The minimum Gasteiger partial charge on any atom is -0.497 e. The quantitative estimate of drug-likeness (QED) is 0.504. The fourth-order valence-electron chi connectivity index (χ4n) is 7.39. The highest BCUT2D eigenvalue weighted by Crippen LogP contribution is 2.56. The summed E-state index contributed by atoms with van der Waals surface area (Å²) in [5, 5.41) is -0.0838. The lowest BCUT2D eigenvalue weighted by molar-refractivity contribution is -0.213. The van der Waals surface area contributed by atoms with E-state index in [4.69, 9.17) is 23.7 Å². The molecule has 1 unspecified atom stereocenters. The van der Waals surface area contributed by atoms with Gasteiger partial charge >= 0.3 is 5.97 Å². The number of esters is 1. The van der Waals surface area contributed by atoms with E-state index in [1.165, 1.54) is 5.56 Å². The molecule has 0 aromatic heterocycles. The van der Waals surface area contributed by atoms with Crippen LogP contribution < -0.4 is 9.47 Å². The van der Waals surface area contributed by atoms with Crippen molar-refractivity contribution in [3.63, 3.8) is 0 Å². The zero-order chi connectivity index (χ0) is 26.7. The summed E-state index contributed by atoms with van der Waals surface area (Å²) in [5.41, 5.74) is 0.140. The molecule has 2 saturated heterocycles. The van der Waals surface area contributed by atoms with Crippen molar-refractivity contribution in [1.82, 2.24) is 4.90 Å². The van der Waals surface area contributed by atoms with Gasteiger partial charge in [-0.3, -0.25) is 9.69 Å². The first-order valence-corrected chi connectivity index (χ1v) is 14.9. The van der Waals surface area contributed by atoms with E-state index in [-0.39, 0.29) is 29.8 Å². The zero-order valence-corrected chi connectivity index (χ0v) is 23.5. The van der Waals surface area contributed by atoms with Crippen LogP contribution in [0.1, 0.15) is 69.4 Å². The van der Waals surface area contributed by atoms with Crippen molar-refractivity contribution >= 4 is 22.8 Å². The second kappa shape index (κ2) is 9.45. The maximum atomic E-state index is 14.2. The monoisotopic (exact) mass is 543 g/mol. The van der Waals surface area contributed by atoms with Gasteiger partial charge in [0.15, 0.2) is 28.3 Å². The third-order valence-electron chi connectivity index (χ3n) is 9.06. The minimum absolute atomic E-state index is 0.00755. The van der Waals surface area contributed by atoms with Gasteiger partial charge in [0.25, 0.3) is 0 Å². The number of hydrogen-bond acceptors (Lipinski definition) is 9. The number of hydrogen-bond donors (Lipinski definition) is 0. The molecule has 0 saturated carbocycles. The molecule has 4 heterocycles. The molecule has 0 radical (unpaired) electrons. The van der Waals surface area contributed by atoms with Crippen molar-refractivity contribution < 1.29 is 33.3 Å². The highest BCUT2D eigenvalue weighted by molar-refractivity contribution is 8.13. The molecule has 38 heavy (non-hydrogen) atoms. The molecular formula is C29H37NO7S. The van der Waals surface area contributed by atoms with Crippen LogP contribution in [-0.4, -0.2) is 72.1 Å². The summed E-state index contributed by atoms with van der Waals surface area (Å²) in [6, 6.07) is 4.16. The Kier molecular flexibility index (Phi) is 6.47. The fraction of sp³-hybridized carbons (Fsp3) is 0.655. The van der Waals surface area contributed by atoms with Gasteiger partial charge in [0.05, 0.1) is 30.6 Å². The Bertz CT molecular complexity index is 1180. The molecule has 0 amide bonds. The standard InChI is InChI=1S/C29H37NO7S/c1-27(2)8-5-10-29(37-27,16-23(31)38-4)26(32)36-25-22(33-3)15-28-9-6-11-30(28)12-7-18-13-20-21(35-17-34-20)14-19(18)24(25)28/h13-15,24-25H,5-12,16-17H2,1-4H3/t24-,25?,28+,29-/m1/s1. The summed E-state index contributed by atoms with van der Waals surface area (Å²) < 4.78 is 30.3. The van der Waals surface area contributed by atoms with Crippen LogP contribution in [0, 0.1) is 0 Å². The smallest absolute Gasteiger partial charge is 0.339 e. The number of benzene rings is 1. The maximum Gasteiger partial charge on any atom is 0.339 e. The summed E-state index contributed by atoms with van der Waals surface area (Å²) in [4.78, 5) is 29.4. The lowest BCUT2D eigenvalue weighted by Crippen LogP contribution is -2.54. The Morgan fingerprint density at radius 3 is 2.63 bits per heavy atom. The Morgan fingerprint density at radius 1 is 1.11 bits per heavy atom. The van der Waals surface area contributed by atoms with Gasteiger partial charge in [-0.15, -0.1) is 0 Å². The van der Waals surface area contributed by atoms with E-state index in [1.807, 2.05) is 13.8 Å². The number of ether oxygens (including phenoxy) is 5. The predicted octanol–water partition coefficient (Wildman–Crippen LogP) is 4.34. The summed E-state index contributed by atoms with van der Waals surface area (Å²) in [6.07, 6.45) is 8.24. The highest BCUT2D eigenvalue weighted by Gasteiger charge is 2.59. The van der Waals surface area contributed by atoms with Gasteiger partial charge in [-0.1, -0.05) is 11.8 Å². The number of nitrogens with zero attached hydrogens (tertiary/aromatic N) is 1. The summed E-state index contributed by atoms with van der Waals surface area (Å²) in [7, 11) is 1.64. The van der Waals surface area contributed by atoms with Gasteiger partial charge in [-0.05, 0) is 94.5 Å². The molecule has 0 N–H and O–H groups in total. The molecule has 0 bridgehead atoms. The molecule has 1 spiro atoms. The number of fused-ring (bicyclic) bond motifs is 3. The van der Waals surface area contributed by atoms with Gasteiger partial charge in [0, 0.05) is 6.54 Å². The molecule has 1 aliphatic carbocycles. The van der Waals surface area contributed by atoms with Gasteiger partial charge in [-0.2, -0.15) is 0 Å². The predicted molar refractivity (Wildman–Crippen MR) is 142 cm³/mol. The van der Waals surface area contributed by atoms with Crippen molar-refractivity contribution in [3.8, 4) is 11.5 Å². The summed E-state index contributed by atoms with van der Waals surface area (Å²) in [6.45, 7) is 6.04. The van der Waals surface area contributed by atoms with Crippen LogP contribution in [0.2, 0.25) is 0 Å². The second-order valence-electron chi connectivity index (χ2n) is 11.8. The largest absolute Gasteiger partial charge is 0.497 e. The number of carbonyl (C=O) groups excluding carboxylic acids is 2. The van der Waals surface area contributed by atoms with Crippen molar-refractivity contribution in [2.24, 2.45) is 0 Å². The molecular weight excluding hydrogens is 506 g/mol. The molecule has 1 aromatic rings. The number of carbonyl (C=O) groups is 2. The SMILES string of the molecule is COC1=C[C@]23CCCN2CCc2cc4c(cc2[C@@H]3C1OC(=O)[C@]1(CC(=O)SC)CCCC(C)(C)O1)OCO4. The van der Waals surface area contributed by atoms with Crippen LogP contribution in [-0.2, 0) is 30.2 Å². The van der Waals surface area contributed by atoms with E-state index in [9.17, 15) is 9.59 Å². The van der Waals surface area contributed by atoms with Gasteiger partial charge < -0.3 is 23.7 Å². The van der Waals surface area contributed by atoms with Gasteiger partial charge in [0.1, 0.15) is 5.76 Å². The molecule has 9 heteroatoms. The Hall–Kier alpha value is -2.23. The topological polar surface area (TPSA) is 83.5 Å². The molecule has 2 fully saturated rings. The number of rotatable bonds is 5. The van der Waals surface area contributed by atoms with Crippen LogP contribution in [0.3, 0.4) is 0 Å². The number of thioether (sulfide) groups is 1. The van der Waals surface area contributed by atoms with Crippen LogP contribution >= 0.6 is 11.8 Å². The van der Waals surface area contributed by atoms with Crippen LogP contribution in [0.25, 0.3) is 0 Å². The first-order chi connectivity index (χ1) is 18.2. The molecule has 1 aromatic carbocycles. The van der Waals surface area contributed by atoms with E-state index in [1.54, 1.807) is 13.4 Å². The van der Waals surface area contributed by atoms with Crippen LogP contribution in [0.4, 0.5) is 0 Å². The number of methoxy groups -OCH3 is 1. The lowest BCUT2D eigenvalue weighted by Gasteiger charge is -2.44. The second-order valence-corrected chi connectivity index (χ2v) is 12.6. The van der Waals surface area contributed by atoms with Crippen molar-refractivity contribution in [1.29, 1.82) is 0 Å². The van der Waals surface area contributed by atoms with E-state index in [0.29, 0.717) is 12.2 Å². The van der Waals surface area contributed by atoms with Crippen molar-refractivity contribution in [3.05, 3.63) is 35.1 Å². The van der Waals surface area contributed by atoms with Gasteiger partial charge in [-0.25, -0.2) is 4.79 Å². The Labute approximate surface area is 228 Å². The molecule has 6 rings (SSSR count). The average Bonchev–Trinajstić information content (AvgIpc) is 3.57. The third-order valence-corrected chi connectivity index (χ3v) is 9.66. The van der Waals surface area contributed by atoms with Crippen molar-refractivity contribution in [2.75, 3.05) is 33.2 Å². The van der Waals surface area contributed by atoms with Crippen LogP contribution in [0.5, 0.6) is 11.5 Å². The van der Waals surface area contributed by atoms with E-state index >= 15 is 0 Å². The van der Waals surface area contributed by atoms with Gasteiger partial charge in [0.2, 0.25) is 6.79 Å². The zero-order valence-electron chi connectivity index (χ0n) is 22.7. The van der Waals surface area contributed by atoms with E-state index < -0.39 is 23.3 Å². The molecule has 5 aliphatic rings. The summed E-state index contributed by atoms with van der Waals surface area (Å²) in [5.74, 6) is 1.50. The Balaban J connectivity index is 1.41. The fourth-order valence-corrected chi connectivity index (χ4v) is 7.77. The lowest BCUT2D eigenvalue weighted by atomic mass is 9.77. The van der Waals surface area contributed by atoms with Crippen molar-refractivity contribution in [2.45, 2.75) is 87.6 Å². The summed E-state index contributed by atoms with van der Waals surface area (Å²) >= 11 is 1.12. The molecule has 4 aliphatic heterocycles. The third kappa shape index (κ3) is 4.12. The molecule has 4 atom stereocenters. The highest BCUT2D eigenvalue weighted by atomic mass is 32.2. The molecule has 8 nitrogen and oxygen atoms in total. The normalized spacial score (nSPS) is 33.0. The first kappa shape index (κ1) is 26.0. The Morgan fingerprint density at radius 2 is 1.89 bits per heavy atom. The molecule has 206 valence electrons. The van der Waals surface area contributed by atoms with E-state index in [0.717, 1.165) is 74.0 Å². The average molecular weight is 544 g/mol. The maximum absolute atomic E-state index is 14.2. The van der Waals surface area contributed by atoms with Crippen LogP contribution in [0.15, 0.2) is 24.0 Å².